The summed E-state index contributed by atoms with van der Waals surface area (Å²) in [5.74, 6) is 0. The van der Waals surface area contributed by atoms with Crippen molar-refractivity contribution in [2.75, 3.05) is 0 Å². The maximum absolute atomic E-state index is 5.78. The number of nitrogens with zero attached hydrogens (tertiary/aromatic N) is 1. The zero-order valence-electron chi connectivity index (χ0n) is 6.92. The molecule has 0 saturated heterocycles. The fourth-order valence-electron chi connectivity index (χ4n) is 0.936. The molecule has 0 aromatic carbocycles. The normalized spacial score (nSPS) is 12.6. The van der Waals surface area contributed by atoms with Crippen molar-refractivity contribution in [1.29, 1.82) is 0 Å². The molecule has 0 fully saturated rings. The number of pyridine rings is 1. The van der Waals surface area contributed by atoms with E-state index in [2.05, 4.69) is 27.5 Å². The van der Waals surface area contributed by atoms with Gasteiger partial charge in [-0.3, -0.25) is 0 Å². The lowest BCUT2D eigenvalue weighted by Gasteiger charge is -2.08. The van der Waals surface area contributed by atoms with Gasteiger partial charge in [0.2, 0.25) is 0 Å². The summed E-state index contributed by atoms with van der Waals surface area (Å²) in [6.45, 7) is 5.62. The van der Waals surface area contributed by atoms with Gasteiger partial charge in [-0.15, -0.1) is 6.58 Å². The van der Waals surface area contributed by atoms with Crippen molar-refractivity contribution in [2.24, 2.45) is 5.73 Å². The summed E-state index contributed by atoms with van der Waals surface area (Å²) in [6.07, 6.45) is 3.49. The van der Waals surface area contributed by atoms with Crippen molar-refractivity contribution < 1.29 is 0 Å². The van der Waals surface area contributed by atoms with Crippen molar-refractivity contribution >= 4 is 15.9 Å². The molecule has 1 rings (SSSR count). The van der Waals surface area contributed by atoms with Crippen LogP contribution in [0.4, 0.5) is 0 Å². The summed E-state index contributed by atoms with van der Waals surface area (Å²) >= 11 is 3.33. The van der Waals surface area contributed by atoms with Crippen LogP contribution in [-0.2, 0) is 0 Å². The van der Waals surface area contributed by atoms with Crippen LogP contribution in [0.5, 0.6) is 0 Å². The number of hydrogen-bond acceptors (Lipinski definition) is 2. The van der Waals surface area contributed by atoms with Crippen LogP contribution >= 0.6 is 15.9 Å². The van der Waals surface area contributed by atoms with Gasteiger partial charge in [0.25, 0.3) is 0 Å². The number of aryl methyl sites for hydroxylation is 1. The van der Waals surface area contributed by atoms with E-state index >= 15 is 0 Å². The molecule has 12 heavy (non-hydrogen) atoms. The lowest BCUT2D eigenvalue weighted by Crippen LogP contribution is -2.08. The molecule has 0 aliphatic heterocycles. The molecule has 0 aliphatic carbocycles. The van der Waals surface area contributed by atoms with E-state index in [1.165, 1.54) is 0 Å². The van der Waals surface area contributed by atoms with Crippen LogP contribution in [0.15, 0.2) is 29.5 Å². The maximum Gasteiger partial charge on any atom is 0.111 e. The molecule has 0 aliphatic rings. The Bertz CT molecular complexity index is 297. The highest BCUT2D eigenvalue weighted by molar-refractivity contribution is 9.10. The van der Waals surface area contributed by atoms with Gasteiger partial charge < -0.3 is 5.73 Å². The standard InChI is InChI=1S/C9H11BrN2/c1-3-8(11)7-4-6(2)5-12-9(7)10/h3-5,8H,1,11H2,2H3/t8-/m1/s1. The second kappa shape index (κ2) is 3.83. The van der Waals surface area contributed by atoms with E-state index in [0.29, 0.717) is 0 Å². The average molecular weight is 227 g/mol. The van der Waals surface area contributed by atoms with Crippen LogP contribution in [0.3, 0.4) is 0 Å². The Morgan fingerprint density at radius 2 is 2.42 bits per heavy atom. The number of aromatic nitrogens is 1. The molecular weight excluding hydrogens is 216 g/mol. The lowest BCUT2D eigenvalue weighted by molar-refractivity contribution is 0.890. The van der Waals surface area contributed by atoms with Gasteiger partial charge in [0.05, 0.1) is 6.04 Å². The molecule has 0 bridgehead atoms. The van der Waals surface area contributed by atoms with Crippen LogP contribution in [0.2, 0.25) is 0 Å². The van der Waals surface area contributed by atoms with E-state index in [1.54, 1.807) is 12.3 Å². The molecule has 2 nitrogen and oxygen atoms in total. The minimum atomic E-state index is -0.147. The minimum absolute atomic E-state index is 0.147. The third-order valence-corrected chi connectivity index (χ3v) is 2.28. The second-order valence-electron chi connectivity index (χ2n) is 2.65. The first-order valence-corrected chi connectivity index (χ1v) is 4.44. The number of rotatable bonds is 2. The van der Waals surface area contributed by atoms with Gasteiger partial charge in [-0.1, -0.05) is 6.08 Å². The molecule has 1 aromatic rings. The molecule has 0 radical (unpaired) electrons. The van der Waals surface area contributed by atoms with Crippen LogP contribution in [0, 0.1) is 6.92 Å². The Morgan fingerprint density at radius 3 is 3.00 bits per heavy atom. The van der Waals surface area contributed by atoms with Crippen molar-refractivity contribution in [2.45, 2.75) is 13.0 Å². The van der Waals surface area contributed by atoms with E-state index in [1.807, 2.05) is 13.0 Å². The maximum atomic E-state index is 5.78. The van der Waals surface area contributed by atoms with E-state index in [-0.39, 0.29) is 6.04 Å². The van der Waals surface area contributed by atoms with Crippen molar-refractivity contribution in [3.63, 3.8) is 0 Å². The second-order valence-corrected chi connectivity index (χ2v) is 3.41. The van der Waals surface area contributed by atoms with Gasteiger partial charge in [0, 0.05) is 11.8 Å². The Morgan fingerprint density at radius 1 is 1.75 bits per heavy atom. The number of halogens is 1. The summed E-state index contributed by atoms with van der Waals surface area (Å²) in [6, 6.07) is 1.86. The highest BCUT2D eigenvalue weighted by Gasteiger charge is 2.06. The molecule has 1 heterocycles. The van der Waals surface area contributed by atoms with Gasteiger partial charge in [-0.2, -0.15) is 0 Å². The molecule has 2 N–H and O–H groups in total. The molecule has 0 amide bonds. The third kappa shape index (κ3) is 1.93. The fraction of sp³-hybridized carbons (Fsp3) is 0.222. The lowest BCUT2D eigenvalue weighted by atomic mass is 10.1. The molecule has 1 atom stereocenters. The van der Waals surface area contributed by atoms with Crippen LogP contribution in [0.25, 0.3) is 0 Å². The minimum Gasteiger partial charge on any atom is -0.321 e. The Balaban J connectivity index is 3.12. The molecule has 3 heteroatoms. The topological polar surface area (TPSA) is 38.9 Å². The predicted molar refractivity (Wildman–Crippen MR) is 53.8 cm³/mol. The summed E-state index contributed by atoms with van der Waals surface area (Å²) in [7, 11) is 0. The average Bonchev–Trinajstić information content (AvgIpc) is 2.08. The highest BCUT2D eigenvalue weighted by Crippen LogP contribution is 2.20. The first-order valence-electron chi connectivity index (χ1n) is 3.65. The molecule has 0 saturated carbocycles. The van der Waals surface area contributed by atoms with Gasteiger partial charge in [-0.05, 0) is 34.5 Å². The van der Waals surface area contributed by atoms with Crippen molar-refractivity contribution in [1.82, 2.24) is 4.98 Å². The zero-order chi connectivity index (χ0) is 9.14. The molecule has 0 unspecified atom stereocenters. The quantitative estimate of drug-likeness (QED) is 0.622. The number of hydrogen-bond donors (Lipinski definition) is 1. The summed E-state index contributed by atoms with van der Waals surface area (Å²) in [4.78, 5) is 4.14. The highest BCUT2D eigenvalue weighted by atomic mass is 79.9. The third-order valence-electron chi connectivity index (χ3n) is 1.62. The number of nitrogens with two attached hydrogens (primary N) is 1. The largest absolute Gasteiger partial charge is 0.321 e. The SMILES string of the molecule is C=C[C@@H](N)c1cc(C)cnc1Br. The Labute approximate surface area is 80.6 Å². The first kappa shape index (κ1) is 9.42. The molecular formula is C9H11BrN2. The van der Waals surface area contributed by atoms with Crippen molar-refractivity contribution in [3.05, 3.63) is 40.6 Å². The fourth-order valence-corrected chi connectivity index (χ4v) is 1.42. The van der Waals surface area contributed by atoms with Gasteiger partial charge >= 0.3 is 0 Å². The summed E-state index contributed by atoms with van der Waals surface area (Å²) in [5.41, 5.74) is 7.86. The first-order chi connectivity index (χ1) is 5.65. The van der Waals surface area contributed by atoms with E-state index < -0.39 is 0 Å². The predicted octanol–water partition coefficient (Wildman–Crippen LogP) is 2.34. The smallest absolute Gasteiger partial charge is 0.111 e. The molecule has 1 aromatic heterocycles. The van der Waals surface area contributed by atoms with E-state index in [0.717, 1.165) is 15.7 Å². The van der Waals surface area contributed by atoms with Crippen molar-refractivity contribution in [3.8, 4) is 0 Å². The van der Waals surface area contributed by atoms with Crippen LogP contribution in [0.1, 0.15) is 17.2 Å². The Kier molecular flexibility index (Phi) is 3.00. The molecule has 0 spiro atoms. The Hall–Kier alpha value is -0.670. The van der Waals surface area contributed by atoms with Gasteiger partial charge in [0.1, 0.15) is 4.60 Å². The van der Waals surface area contributed by atoms with Gasteiger partial charge in [-0.25, -0.2) is 4.98 Å². The zero-order valence-corrected chi connectivity index (χ0v) is 8.51. The molecule has 64 valence electrons. The summed E-state index contributed by atoms with van der Waals surface area (Å²) in [5, 5.41) is 0. The monoisotopic (exact) mass is 226 g/mol. The van der Waals surface area contributed by atoms with Gasteiger partial charge in [0.15, 0.2) is 0 Å². The van der Waals surface area contributed by atoms with E-state index in [9.17, 15) is 0 Å². The van der Waals surface area contributed by atoms with Crippen LogP contribution < -0.4 is 5.73 Å². The van der Waals surface area contributed by atoms with E-state index in [4.69, 9.17) is 5.73 Å². The summed E-state index contributed by atoms with van der Waals surface area (Å²) < 4.78 is 0.792. The van der Waals surface area contributed by atoms with Crippen LogP contribution in [-0.4, -0.2) is 4.98 Å².